The molecule has 0 aromatic rings. The van der Waals surface area contributed by atoms with Gasteiger partial charge in [0.2, 0.25) is 0 Å². The molecule has 25 heavy (non-hydrogen) atoms. The van der Waals surface area contributed by atoms with E-state index in [4.69, 9.17) is 0 Å². The lowest BCUT2D eigenvalue weighted by atomic mass is 9.89. The largest absolute Gasteiger partial charge is 0.465 e. The molecule has 0 N–H and O–H groups in total. The van der Waals surface area contributed by atoms with E-state index in [1.807, 2.05) is 0 Å². The third-order valence-corrected chi connectivity index (χ3v) is 5.32. The lowest BCUT2D eigenvalue weighted by Crippen LogP contribution is -2.41. The summed E-state index contributed by atoms with van der Waals surface area (Å²) in [6.45, 7) is 0. The summed E-state index contributed by atoms with van der Waals surface area (Å²) in [4.78, 5) is 26.0. The normalized spacial score (nSPS) is 19.4. The first-order valence-electron chi connectivity index (χ1n) is 9.50. The Labute approximate surface area is 151 Å². The van der Waals surface area contributed by atoms with Gasteiger partial charge in [-0.15, -0.1) is 0 Å². The van der Waals surface area contributed by atoms with Gasteiger partial charge >= 0.3 is 11.9 Å². The van der Waals surface area contributed by atoms with Crippen LogP contribution in [-0.4, -0.2) is 43.1 Å². The average molecular weight is 349 g/mol. The molecule has 5 nitrogen and oxygen atoms in total. The molecule has 0 aromatic heterocycles. The molecule has 2 fully saturated rings. The number of nitrogens with zero attached hydrogens (tertiary/aromatic N) is 1. The fraction of sp³-hybridized carbons (Fsp3) is 0.700. The number of carbonyl (C=O) groups excluding carboxylic acids is 2. The molecular formula is C20H31NO4. The molecule has 0 spiro atoms. The second-order valence-electron chi connectivity index (χ2n) is 6.94. The maximum Gasteiger partial charge on any atom is 0.345 e. The predicted octanol–water partition coefficient (Wildman–Crippen LogP) is 3.74. The SMILES string of the molecule is COC(=O)C(=CC=CN(C1CCCCC1)C1CCCCC1)C(=O)OC. The van der Waals surface area contributed by atoms with Crippen molar-refractivity contribution in [3.05, 3.63) is 23.9 Å². The molecule has 0 bridgehead atoms. The van der Waals surface area contributed by atoms with Crippen LogP contribution in [-0.2, 0) is 19.1 Å². The first kappa shape index (κ1) is 19.5. The number of hydrogen-bond donors (Lipinski definition) is 0. The van der Waals surface area contributed by atoms with Gasteiger partial charge in [-0.25, -0.2) is 9.59 Å². The maximum absolute atomic E-state index is 11.8. The van der Waals surface area contributed by atoms with Crippen molar-refractivity contribution in [3.63, 3.8) is 0 Å². The quantitative estimate of drug-likeness (QED) is 0.240. The summed E-state index contributed by atoms with van der Waals surface area (Å²) in [5, 5.41) is 0. The molecule has 140 valence electrons. The van der Waals surface area contributed by atoms with Crippen LogP contribution in [0.3, 0.4) is 0 Å². The van der Waals surface area contributed by atoms with Crippen molar-refractivity contribution in [1.29, 1.82) is 0 Å². The van der Waals surface area contributed by atoms with E-state index in [0.717, 1.165) is 0 Å². The Morgan fingerprint density at radius 1 is 0.800 bits per heavy atom. The van der Waals surface area contributed by atoms with Crippen LogP contribution in [0.15, 0.2) is 23.9 Å². The lowest BCUT2D eigenvalue weighted by Gasteiger charge is -2.41. The van der Waals surface area contributed by atoms with Crippen LogP contribution in [0.2, 0.25) is 0 Å². The van der Waals surface area contributed by atoms with Crippen LogP contribution >= 0.6 is 0 Å². The van der Waals surface area contributed by atoms with Crippen LogP contribution in [0.5, 0.6) is 0 Å². The van der Waals surface area contributed by atoms with Gasteiger partial charge in [-0.3, -0.25) is 0 Å². The molecular weight excluding hydrogens is 318 g/mol. The Morgan fingerprint density at radius 2 is 1.24 bits per heavy atom. The van der Waals surface area contributed by atoms with Crippen LogP contribution in [0, 0.1) is 0 Å². The molecule has 0 heterocycles. The van der Waals surface area contributed by atoms with Crippen LogP contribution in [0.1, 0.15) is 64.2 Å². The average Bonchev–Trinajstić information content (AvgIpc) is 2.68. The summed E-state index contributed by atoms with van der Waals surface area (Å²) in [5.74, 6) is -1.34. The van der Waals surface area contributed by atoms with Crippen molar-refractivity contribution in [2.45, 2.75) is 76.3 Å². The minimum Gasteiger partial charge on any atom is -0.465 e. The van der Waals surface area contributed by atoms with E-state index in [1.165, 1.54) is 84.5 Å². The van der Waals surface area contributed by atoms with Gasteiger partial charge in [0.15, 0.2) is 0 Å². The molecule has 2 aliphatic carbocycles. The van der Waals surface area contributed by atoms with E-state index in [2.05, 4.69) is 20.6 Å². The van der Waals surface area contributed by atoms with E-state index >= 15 is 0 Å². The summed E-state index contributed by atoms with van der Waals surface area (Å²) in [5.41, 5.74) is -0.0755. The van der Waals surface area contributed by atoms with Crippen LogP contribution in [0.4, 0.5) is 0 Å². The number of allylic oxidation sites excluding steroid dienone is 2. The van der Waals surface area contributed by atoms with E-state index in [1.54, 1.807) is 6.08 Å². The van der Waals surface area contributed by atoms with Gasteiger partial charge < -0.3 is 14.4 Å². The first-order valence-corrected chi connectivity index (χ1v) is 9.50. The van der Waals surface area contributed by atoms with Crippen LogP contribution in [0.25, 0.3) is 0 Å². The Balaban J connectivity index is 2.15. The summed E-state index contributed by atoms with van der Waals surface area (Å²) in [7, 11) is 2.53. The maximum atomic E-state index is 11.8. The minimum atomic E-state index is -0.668. The van der Waals surface area contributed by atoms with Gasteiger partial charge in [0.25, 0.3) is 0 Å². The Morgan fingerprint density at radius 3 is 1.64 bits per heavy atom. The standard InChI is InChI=1S/C20H31NO4/c1-24-19(22)18(20(23)25-2)14-9-15-21(16-10-5-3-6-11-16)17-12-7-4-8-13-17/h9,14-17H,3-8,10-13H2,1-2H3. The predicted molar refractivity (Wildman–Crippen MR) is 96.8 cm³/mol. The monoisotopic (exact) mass is 349 g/mol. The highest BCUT2D eigenvalue weighted by molar-refractivity contribution is 6.14. The third-order valence-electron chi connectivity index (χ3n) is 5.32. The zero-order valence-corrected chi connectivity index (χ0v) is 15.5. The van der Waals surface area contributed by atoms with Crippen molar-refractivity contribution in [2.75, 3.05) is 14.2 Å². The number of methoxy groups -OCH3 is 2. The first-order chi connectivity index (χ1) is 12.2. The molecule has 0 atom stereocenters. The molecule has 0 amide bonds. The van der Waals surface area contributed by atoms with Crippen molar-refractivity contribution in [2.24, 2.45) is 0 Å². The zero-order chi connectivity index (χ0) is 18.1. The lowest BCUT2D eigenvalue weighted by molar-refractivity contribution is -0.144. The fourth-order valence-corrected chi connectivity index (χ4v) is 3.98. The molecule has 0 unspecified atom stereocenters. The summed E-state index contributed by atoms with van der Waals surface area (Å²) in [6, 6.07) is 1.14. The number of esters is 2. The highest BCUT2D eigenvalue weighted by Gasteiger charge is 2.26. The van der Waals surface area contributed by atoms with Gasteiger partial charge in [-0.1, -0.05) is 38.5 Å². The van der Waals surface area contributed by atoms with Crippen molar-refractivity contribution < 1.29 is 19.1 Å². The van der Waals surface area contributed by atoms with Gasteiger partial charge in [0.1, 0.15) is 5.57 Å². The highest BCUT2D eigenvalue weighted by Crippen LogP contribution is 2.30. The number of carbonyl (C=O) groups is 2. The summed E-state index contributed by atoms with van der Waals surface area (Å²) < 4.78 is 9.34. The zero-order valence-electron chi connectivity index (χ0n) is 15.5. The fourth-order valence-electron chi connectivity index (χ4n) is 3.98. The highest BCUT2D eigenvalue weighted by atomic mass is 16.5. The van der Waals surface area contributed by atoms with Gasteiger partial charge in [0, 0.05) is 12.1 Å². The topological polar surface area (TPSA) is 55.8 Å². The van der Waals surface area contributed by atoms with E-state index in [0.29, 0.717) is 12.1 Å². The molecule has 2 saturated carbocycles. The molecule has 2 aliphatic rings. The van der Waals surface area contributed by atoms with Gasteiger partial charge in [-0.2, -0.15) is 0 Å². The van der Waals surface area contributed by atoms with Crippen molar-refractivity contribution >= 4 is 11.9 Å². The third kappa shape index (κ3) is 5.62. The van der Waals surface area contributed by atoms with E-state index < -0.39 is 11.9 Å². The number of hydrogen-bond acceptors (Lipinski definition) is 5. The minimum absolute atomic E-state index is 0.0755. The summed E-state index contributed by atoms with van der Waals surface area (Å²) >= 11 is 0. The second kappa shape index (κ2) is 10.3. The molecule has 0 radical (unpaired) electrons. The molecule has 2 rings (SSSR count). The van der Waals surface area contributed by atoms with Crippen LogP contribution < -0.4 is 0 Å². The Kier molecular flexibility index (Phi) is 8.02. The Hall–Kier alpha value is -1.78. The summed E-state index contributed by atoms with van der Waals surface area (Å²) in [6.07, 6.45) is 18.1. The molecule has 0 aliphatic heterocycles. The van der Waals surface area contributed by atoms with Gasteiger partial charge in [0.05, 0.1) is 14.2 Å². The smallest absolute Gasteiger partial charge is 0.345 e. The van der Waals surface area contributed by atoms with E-state index in [-0.39, 0.29) is 5.57 Å². The van der Waals surface area contributed by atoms with Crippen molar-refractivity contribution in [3.8, 4) is 0 Å². The molecule has 0 aromatic carbocycles. The second-order valence-corrected chi connectivity index (χ2v) is 6.94. The molecule has 5 heteroatoms. The van der Waals surface area contributed by atoms with Gasteiger partial charge in [-0.05, 0) is 44.0 Å². The Bertz CT molecular complexity index is 464. The number of ether oxygens (including phenoxy) is 2. The molecule has 0 saturated heterocycles. The van der Waals surface area contributed by atoms with E-state index in [9.17, 15) is 9.59 Å². The number of rotatable bonds is 6. The van der Waals surface area contributed by atoms with Crippen molar-refractivity contribution in [1.82, 2.24) is 4.90 Å².